The maximum Gasteiger partial charge on any atom is 0.244 e. The summed E-state index contributed by atoms with van der Waals surface area (Å²) in [5.74, 6) is -0.830. The molecule has 3 aromatic carbocycles. The molecule has 10 heteroatoms. The standard InChI is InChI=1S/C27H29BrClN3O4S/c1-3-30-27(34)25(17-20-9-5-4-6-10-20)31(18-21-13-15-22(29)16-14-21)26(33)19-32(37(2,35)36)24-12-8-7-11-23(24)28/h4-16,25H,3,17-19H2,1-2H3,(H,30,34). The molecule has 0 saturated heterocycles. The summed E-state index contributed by atoms with van der Waals surface area (Å²) in [6.07, 6.45) is 1.31. The van der Waals surface area contributed by atoms with Crippen LogP contribution in [0.4, 0.5) is 5.69 Å². The van der Waals surface area contributed by atoms with E-state index in [-0.39, 0.29) is 18.9 Å². The van der Waals surface area contributed by atoms with Gasteiger partial charge in [-0.2, -0.15) is 0 Å². The number of anilines is 1. The average molecular weight is 607 g/mol. The highest BCUT2D eigenvalue weighted by Gasteiger charge is 2.33. The summed E-state index contributed by atoms with van der Waals surface area (Å²) in [7, 11) is -3.82. The third kappa shape index (κ3) is 8.05. The molecule has 1 N–H and O–H groups in total. The fourth-order valence-corrected chi connectivity index (χ4v) is 5.48. The molecule has 7 nitrogen and oxygen atoms in total. The van der Waals surface area contributed by atoms with E-state index in [1.165, 1.54) is 4.90 Å². The highest BCUT2D eigenvalue weighted by Crippen LogP contribution is 2.28. The number of carbonyl (C=O) groups excluding carboxylic acids is 2. The first kappa shape index (κ1) is 28.7. The molecule has 37 heavy (non-hydrogen) atoms. The number of carbonyl (C=O) groups is 2. The van der Waals surface area contributed by atoms with E-state index in [0.29, 0.717) is 21.7 Å². The number of nitrogens with one attached hydrogen (secondary N) is 1. The first-order valence-corrected chi connectivity index (χ1v) is 14.7. The van der Waals surface area contributed by atoms with Crippen molar-refractivity contribution < 1.29 is 18.0 Å². The highest BCUT2D eigenvalue weighted by atomic mass is 79.9. The monoisotopic (exact) mass is 605 g/mol. The summed E-state index contributed by atoms with van der Waals surface area (Å²) in [5, 5.41) is 3.37. The molecule has 3 aromatic rings. The van der Waals surface area contributed by atoms with Gasteiger partial charge < -0.3 is 10.2 Å². The minimum absolute atomic E-state index is 0.0954. The molecule has 196 valence electrons. The van der Waals surface area contributed by atoms with E-state index < -0.39 is 28.5 Å². The van der Waals surface area contributed by atoms with Gasteiger partial charge in [-0.1, -0.05) is 66.2 Å². The predicted molar refractivity (Wildman–Crippen MR) is 151 cm³/mol. The Morgan fingerprint density at radius 3 is 2.16 bits per heavy atom. The summed E-state index contributed by atoms with van der Waals surface area (Å²) in [4.78, 5) is 28.6. The highest BCUT2D eigenvalue weighted by molar-refractivity contribution is 9.10. The van der Waals surface area contributed by atoms with E-state index in [1.807, 2.05) is 30.3 Å². The molecule has 0 bridgehead atoms. The second kappa shape index (κ2) is 13.1. The van der Waals surface area contributed by atoms with Gasteiger partial charge in [0.2, 0.25) is 21.8 Å². The Hall–Kier alpha value is -2.88. The first-order valence-electron chi connectivity index (χ1n) is 11.7. The number of para-hydroxylation sites is 1. The Bertz CT molecular complexity index is 1320. The van der Waals surface area contributed by atoms with Crippen LogP contribution in [-0.2, 0) is 32.6 Å². The van der Waals surface area contributed by atoms with Gasteiger partial charge >= 0.3 is 0 Å². The van der Waals surface area contributed by atoms with Gasteiger partial charge in [0.1, 0.15) is 12.6 Å². The second-order valence-corrected chi connectivity index (χ2v) is 11.7. The Balaban J connectivity index is 2.04. The van der Waals surface area contributed by atoms with E-state index in [9.17, 15) is 18.0 Å². The van der Waals surface area contributed by atoms with Crippen molar-refractivity contribution in [3.63, 3.8) is 0 Å². The number of benzene rings is 3. The first-order chi connectivity index (χ1) is 17.6. The molecule has 0 aliphatic heterocycles. The lowest BCUT2D eigenvalue weighted by molar-refractivity contribution is -0.140. The van der Waals surface area contributed by atoms with Gasteiger partial charge in [-0.3, -0.25) is 13.9 Å². The SMILES string of the molecule is CCNC(=O)C(Cc1ccccc1)N(Cc1ccc(Cl)cc1)C(=O)CN(c1ccccc1Br)S(C)(=O)=O. The summed E-state index contributed by atoms with van der Waals surface area (Å²) >= 11 is 9.44. The van der Waals surface area contributed by atoms with Crippen LogP contribution in [0.2, 0.25) is 5.02 Å². The van der Waals surface area contributed by atoms with Crippen LogP contribution in [-0.4, -0.2) is 50.5 Å². The van der Waals surface area contributed by atoms with E-state index in [1.54, 1.807) is 55.5 Å². The molecular formula is C27H29BrClN3O4S. The maximum atomic E-state index is 13.9. The number of amides is 2. The van der Waals surface area contributed by atoms with Gasteiger partial charge in [0.25, 0.3) is 0 Å². The van der Waals surface area contributed by atoms with E-state index >= 15 is 0 Å². The molecule has 3 rings (SSSR count). The van der Waals surface area contributed by atoms with Crippen molar-refractivity contribution in [3.8, 4) is 0 Å². The van der Waals surface area contributed by atoms with Crippen LogP contribution < -0.4 is 9.62 Å². The molecule has 0 saturated carbocycles. The predicted octanol–water partition coefficient (Wildman–Crippen LogP) is 4.64. The van der Waals surface area contributed by atoms with Gasteiger partial charge in [0.05, 0.1) is 11.9 Å². The Morgan fingerprint density at radius 1 is 0.946 bits per heavy atom. The largest absolute Gasteiger partial charge is 0.355 e. The molecule has 1 atom stereocenters. The third-order valence-corrected chi connectivity index (χ3v) is 7.74. The topological polar surface area (TPSA) is 86.8 Å². The third-order valence-electron chi connectivity index (χ3n) is 5.69. The normalized spacial score (nSPS) is 12.0. The second-order valence-electron chi connectivity index (χ2n) is 8.47. The lowest BCUT2D eigenvalue weighted by atomic mass is 10.0. The minimum Gasteiger partial charge on any atom is -0.355 e. The van der Waals surface area contributed by atoms with Crippen molar-refractivity contribution in [2.75, 3.05) is 23.7 Å². The smallest absolute Gasteiger partial charge is 0.244 e. The van der Waals surface area contributed by atoms with Crippen molar-refractivity contribution in [1.82, 2.24) is 10.2 Å². The number of likely N-dealkylation sites (N-methyl/N-ethyl adjacent to an activating group) is 1. The zero-order chi connectivity index (χ0) is 27.0. The Morgan fingerprint density at radius 2 is 1.57 bits per heavy atom. The van der Waals surface area contributed by atoms with Gasteiger partial charge in [0, 0.05) is 29.0 Å². The fraction of sp³-hybridized carbons (Fsp3) is 0.259. The van der Waals surface area contributed by atoms with Crippen LogP contribution in [0.3, 0.4) is 0 Å². The maximum absolute atomic E-state index is 13.9. The van der Waals surface area contributed by atoms with Crippen LogP contribution in [0.5, 0.6) is 0 Å². The van der Waals surface area contributed by atoms with Gasteiger partial charge in [0.15, 0.2) is 0 Å². The molecular weight excluding hydrogens is 578 g/mol. The van der Waals surface area contributed by atoms with Crippen LogP contribution in [0.15, 0.2) is 83.3 Å². The zero-order valence-electron chi connectivity index (χ0n) is 20.6. The molecule has 1 unspecified atom stereocenters. The molecule has 0 aliphatic rings. The summed E-state index contributed by atoms with van der Waals surface area (Å²) in [6.45, 7) is 1.82. The zero-order valence-corrected chi connectivity index (χ0v) is 23.8. The van der Waals surface area contributed by atoms with E-state index in [4.69, 9.17) is 11.6 Å². The number of halogens is 2. The van der Waals surface area contributed by atoms with Crippen LogP contribution in [0, 0.1) is 0 Å². The minimum atomic E-state index is -3.82. The van der Waals surface area contributed by atoms with Crippen molar-refractivity contribution in [1.29, 1.82) is 0 Å². The summed E-state index contributed by atoms with van der Waals surface area (Å²) in [6, 6.07) is 22.3. The van der Waals surface area contributed by atoms with Crippen molar-refractivity contribution in [3.05, 3.63) is 99.5 Å². The van der Waals surface area contributed by atoms with Gasteiger partial charge in [-0.15, -0.1) is 0 Å². The van der Waals surface area contributed by atoms with E-state index in [2.05, 4.69) is 21.2 Å². The van der Waals surface area contributed by atoms with E-state index in [0.717, 1.165) is 21.7 Å². The summed E-state index contributed by atoms with van der Waals surface area (Å²) < 4.78 is 27.1. The molecule has 0 spiro atoms. The number of nitrogens with zero attached hydrogens (tertiary/aromatic N) is 2. The van der Waals surface area contributed by atoms with Gasteiger partial charge in [-0.25, -0.2) is 8.42 Å². The molecule has 0 heterocycles. The fourth-order valence-electron chi connectivity index (χ4n) is 3.88. The Kier molecular flexibility index (Phi) is 10.1. The number of rotatable bonds is 11. The van der Waals surface area contributed by atoms with Crippen molar-refractivity contribution in [2.24, 2.45) is 0 Å². The van der Waals surface area contributed by atoms with Gasteiger partial charge in [-0.05, 0) is 58.2 Å². The quantitative estimate of drug-likeness (QED) is 0.345. The molecule has 0 aromatic heterocycles. The average Bonchev–Trinajstić information content (AvgIpc) is 2.86. The molecule has 0 fully saturated rings. The lowest BCUT2D eigenvalue weighted by Crippen LogP contribution is -2.53. The molecule has 2 amide bonds. The Labute approximate surface area is 231 Å². The molecule has 0 radical (unpaired) electrons. The lowest BCUT2D eigenvalue weighted by Gasteiger charge is -2.33. The summed E-state index contributed by atoms with van der Waals surface area (Å²) in [5.41, 5.74) is 1.97. The number of hydrogen-bond acceptors (Lipinski definition) is 4. The van der Waals surface area contributed by atoms with Crippen LogP contribution >= 0.6 is 27.5 Å². The van der Waals surface area contributed by atoms with Crippen molar-refractivity contribution >= 4 is 55.1 Å². The molecule has 0 aliphatic carbocycles. The van der Waals surface area contributed by atoms with Crippen molar-refractivity contribution in [2.45, 2.75) is 25.9 Å². The number of hydrogen-bond donors (Lipinski definition) is 1. The number of sulfonamides is 1. The van der Waals surface area contributed by atoms with Crippen LogP contribution in [0.25, 0.3) is 0 Å². The van der Waals surface area contributed by atoms with Crippen LogP contribution in [0.1, 0.15) is 18.1 Å².